The van der Waals surface area contributed by atoms with Crippen molar-refractivity contribution in [3.05, 3.63) is 67.0 Å². The third-order valence-electron chi connectivity index (χ3n) is 8.70. The van der Waals surface area contributed by atoms with Gasteiger partial charge in [-0.1, -0.05) is 0 Å². The lowest BCUT2D eigenvalue weighted by atomic mass is 10.1. The molecule has 11 nitrogen and oxygen atoms in total. The molecule has 0 radical (unpaired) electrons. The Morgan fingerprint density at radius 2 is 1.76 bits per heavy atom. The largest absolute Gasteiger partial charge is 0.492 e. The van der Waals surface area contributed by atoms with Crippen LogP contribution in [0.25, 0.3) is 56.0 Å². The molecule has 6 aromatic rings. The van der Waals surface area contributed by atoms with Crippen LogP contribution in [0.2, 0.25) is 0 Å². The minimum Gasteiger partial charge on any atom is -0.492 e. The standard InChI is InChI=1S/C34H34FN9O2/c35-24-13-21(14-26(17-24)45-12-11-44-9-1-2-10-44)30-32-29(5-8-38-30)40-34(41-32)31-28-16-23(19-39-33(28)43-42-31)22-15-27(20-37-18-22)46-25-3-6-36-7-4-25/h5,8,13-20,25,36H,1-4,6-7,9-12H2,(H,40,41)(H,39,42,43). The second kappa shape index (κ2) is 12.5. The van der Waals surface area contributed by atoms with Crippen LogP contribution in [0.4, 0.5) is 4.39 Å². The molecule has 0 unspecified atom stereocenters. The number of hydrogen-bond acceptors (Lipinski definition) is 9. The topological polar surface area (TPSA) is 130 Å². The molecular weight excluding hydrogens is 585 g/mol. The van der Waals surface area contributed by atoms with Gasteiger partial charge in [-0.3, -0.25) is 20.0 Å². The number of rotatable bonds is 9. The van der Waals surface area contributed by atoms with E-state index in [-0.39, 0.29) is 11.9 Å². The fourth-order valence-electron chi connectivity index (χ4n) is 6.33. The van der Waals surface area contributed by atoms with Gasteiger partial charge < -0.3 is 19.8 Å². The average molecular weight is 620 g/mol. The summed E-state index contributed by atoms with van der Waals surface area (Å²) in [5.41, 5.74) is 5.56. The molecule has 0 amide bonds. The molecule has 5 aromatic heterocycles. The molecule has 2 aliphatic heterocycles. The minimum absolute atomic E-state index is 0.179. The number of pyridine rings is 3. The van der Waals surface area contributed by atoms with Gasteiger partial charge in [0.05, 0.1) is 22.8 Å². The van der Waals surface area contributed by atoms with Crippen molar-refractivity contribution < 1.29 is 13.9 Å². The number of fused-ring (bicyclic) bond motifs is 2. The number of hydrogen-bond donors (Lipinski definition) is 3. The molecule has 46 heavy (non-hydrogen) atoms. The van der Waals surface area contributed by atoms with Crippen LogP contribution in [-0.4, -0.2) is 85.5 Å². The fourth-order valence-corrected chi connectivity index (χ4v) is 6.33. The Labute approximate surface area is 264 Å². The Balaban J connectivity index is 1.08. The summed E-state index contributed by atoms with van der Waals surface area (Å²) in [7, 11) is 0. The number of halogens is 1. The quantitative estimate of drug-likeness (QED) is 0.196. The zero-order valence-electron chi connectivity index (χ0n) is 25.3. The summed E-state index contributed by atoms with van der Waals surface area (Å²) in [5.74, 6) is 1.40. The van der Waals surface area contributed by atoms with Crippen molar-refractivity contribution in [2.24, 2.45) is 0 Å². The number of nitrogens with zero attached hydrogens (tertiary/aromatic N) is 6. The molecule has 234 valence electrons. The Hall–Kier alpha value is -4.94. The summed E-state index contributed by atoms with van der Waals surface area (Å²) in [6.07, 6.45) is 11.6. The average Bonchev–Trinajstić information content (AvgIpc) is 3.85. The molecule has 0 aliphatic carbocycles. The van der Waals surface area contributed by atoms with Crippen molar-refractivity contribution >= 4 is 22.1 Å². The van der Waals surface area contributed by atoms with Gasteiger partial charge in [0, 0.05) is 47.9 Å². The lowest BCUT2D eigenvalue weighted by molar-refractivity contribution is 0.162. The second-order valence-corrected chi connectivity index (χ2v) is 11.9. The van der Waals surface area contributed by atoms with E-state index in [1.807, 2.05) is 24.3 Å². The van der Waals surface area contributed by atoms with E-state index < -0.39 is 0 Å². The number of benzene rings is 1. The van der Waals surface area contributed by atoms with Crippen molar-refractivity contribution in [1.29, 1.82) is 0 Å². The Bertz CT molecular complexity index is 2000. The third kappa shape index (κ3) is 5.88. The van der Waals surface area contributed by atoms with Crippen molar-refractivity contribution in [3.63, 3.8) is 0 Å². The van der Waals surface area contributed by atoms with Crippen LogP contribution in [0.15, 0.2) is 61.2 Å². The zero-order valence-corrected chi connectivity index (χ0v) is 25.3. The second-order valence-electron chi connectivity index (χ2n) is 11.9. The van der Waals surface area contributed by atoms with Crippen LogP contribution in [-0.2, 0) is 0 Å². The van der Waals surface area contributed by atoms with Gasteiger partial charge in [-0.25, -0.2) is 14.4 Å². The molecule has 1 aromatic carbocycles. The van der Waals surface area contributed by atoms with Crippen molar-refractivity contribution in [2.75, 3.05) is 39.3 Å². The summed E-state index contributed by atoms with van der Waals surface area (Å²) in [4.78, 5) is 24.3. The molecule has 2 saturated heterocycles. The predicted octanol–water partition coefficient (Wildman–Crippen LogP) is 5.37. The highest BCUT2D eigenvalue weighted by atomic mass is 19.1. The number of piperidine rings is 1. The number of H-pyrrole nitrogens is 2. The molecule has 7 heterocycles. The van der Waals surface area contributed by atoms with Crippen LogP contribution < -0.4 is 14.8 Å². The van der Waals surface area contributed by atoms with E-state index >= 15 is 0 Å². The Kier molecular flexibility index (Phi) is 7.72. The third-order valence-corrected chi connectivity index (χ3v) is 8.70. The zero-order chi connectivity index (χ0) is 30.9. The molecule has 3 N–H and O–H groups in total. The SMILES string of the molecule is Fc1cc(OCCN2CCCC2)cc(-c2nccc3[nH]c(-c4[nH]nc5ncc(-c6cncc(OC7CCNCC7)c6)cc45)nc23)c1. The summed E-state index contributed by atoms with van der Waals surface area (Å²) < 4.78 is 27.0. The highest BCUT2D eigenvalue weighted by Crippen LogP contribution is 2.33. The molecule has 0 bridgehead atoms. The highest BCUT2D eigenvalue weighted by molar-refractivity contribution is 5.96. The first-order chi connectivity index (χ1) is 22.7. The van der Waals surface area contributed by atoms with E-state index in [1.54, 1.807) is 24.8 Å². The molecule has 8 rings (SSSR count). The van der Waals surface area contributed by atoms with Crippen molar-refractivity contribution in [3.8, 4) is 45.4 Å². The van der Waals surface area contributed by atoms with Crippen molar-refractivity contribution in [2.45, 2.75) is 31.8 Å². The number of nitrogens with one attached hydrogen (secondary N) is 3. The number of aromatic amines is 2. The monoisotopic (exact) mass is 619 g/mol. The first-order valence-corrected chi connectivity index (χ1v) is 15.8. The van der Waals surface area contributed by atoms with Gasteiger partial charge in [-0.15, -0.1) is 0 Å². The van der Waals surface area contributed by atoms with E-state index in [2.05, 4.69) is 40.3 Å². The molecule has 2 fully saturated rings. The van der Waals surface area contributed by atoms with E-state index in [0.717, 1.165) is 73.3 Å². The number of imidazole rings is 1. The van der Waals surface area contributed by atoms with Crippen LogP contribution in [0.1, 0.15) is 25.7 Å². The van der Waals surface area contributed by atoms with Gasteiger partial charge in [0.1, 0.15) is 41.2 Å². The Morgan fingerprint density at radius 1 is 0.913 bits per heavy atom. The van der Waals surface area contributed by atoms with Gasteiger partial charge in [0.2, 0.25) is 0 Å². The van der Waals surface area contributed by atoms with E-state index in [0.29, 0.717) is 46.3 Å². The van der Waals surface area contributed by atoms with E-state index in [9.17, 15) is 4.39 Å². The number of likely N-dealkylation sites (tertiary alicyclic amines) is 1. The molecule has 2 aliphatic rings. The summed E-state index contributed by atoms with van der Waals surface area (Å²) in [5, 5.41) is 11.7. The number of aromatic nitrogens is 7. The summed E-state index contributed by atoms with van der Waals surface area (Å²) in [6, 6.07) is 10.6. The maximum atomic E-state index is 14.8. The summed E-state index contributed by atoms with van der Waals surface area (Å²) in [6.45, 7) is 5.42. The van der Waals surface area contributed by atoms with Crippen LogP contribution >= 0.6 is 0 Å². The van der Waals surface area contributed by atoms with Crippen LogP contribution in [0, 0.1) is 5.82 Å². The lowest BCUT2D eigenvalue weighted by Gasteiger charge is -2.23. The Morgan fingerprint density at radius 3 is 2.65 bits per heavy atom. The van der Waals surface area contributed by atoms with Crippen LogP contribution in [0.5, 0.6) is 11.5 Å². The summed E-state index contributed by atoms with van der Waals surface area (Å²) >= 11 is 0. The maximum Gasteiger partial charge on any atom is 0.181 e. The highest BCUT2D eigenvalue weighted by Gasteiger charge is 2.19. The normalized spacial score (nSPS) is 16.0. The van der Waals surface area contributed by atoms with Gasteiger partial charge in [0.25, 0.3) is 0 Å². The smallest absolute Gasteiger partial charge is 0.181 e. The first-order valence-electron chi connectivity index (χ1n) is 15.8. The van der Waals surface area contributed by atoms with Gasteiger partial charge >= 0.3 is 0 Å². The molecule has 12 heteroatoms. The van der Waals surface area contributed by atoms with E-state index in [1.165, 1.54) is 25.0 Å². The van der Waals surface area contributed by atoms with Gasteiger partial charge in [0.15, 0.2) is 11.5 Å². The number of ether oxygens (including phenoxy) is 2. The minimum atomic E-state index is -0.388. The van der Waals surface area contributed by atoms with Gasteiger partial charge in [-0.2, -0.15) is 5.10 Å². The van der Waals surface area contributed by atoms with Gasteiger partial charge in [-0.05, 0) is 82.2 Å². The fraction of sp³-hybridized carbons (Fsp3) is 0.324. The van der Waals surface area contributed by atoms with Crippen LogP contribution in [0.3, 0.4) is 0 Å². The van der Waals surface area contributed by atoms with Crippen molar-refractivity contribution in [1.82, 2.24) is 45.3 Å². The molecule has 0 atom stereocenters. The molecular formula is C34H34FN9O2. The van der Waals surface area contributed by atoms with E-state index in [4.69, 9.17) is 14.5 Å². The maximum absolute atomic E-state index is 14.8. The lowest BCUT2D eigenvalue weighted by Crippen LogP contribution is -2.34. The predicted molar refractivity (Wildman–Crippen MR) is 173 cm³/mol. The molecule has 0 spiro atoms. The molecule has 0 saturated carbocycles. The first kappa shape index (κ1) is 28.5.